The number of carbonyl (C=O) groups is 1. The molecule has 12 heteroatoms. The van der Waals surface area contributed by atoms with Gasteiger partial charge in [0.05, 0.1) is 35.5 Å². The number of halogens is 2. The molecule has 1 aliphatic carbocycles. The standard InChI is InChI=1S/C28H20Cl2N8O2/c29-15-3-5-22(37-12-23(30)35-36-37)18(8-15)20-10-25(40)38-26(16-9-17(16)28(38)34-20)21-11-31-27(33-21)14-1-4-19-13(7-14)2-6-24(39)32-19/h1,3-5,7-8,10-12,16-17,26H,2,6,9H2,(H,31,33)(H,32,39). The lowest BCUT2D eigenvalue weighted by atomic mass is 10.0. The van der Waals surface area contributed by atoms with Crippen LogP contribution in [0, 0.1) is 5.92 Å². The Morgan fingerprint density at radius 1 is 1.02 bits per heavy atom. The lowest BCUT2D eigenvalue weighted by Gasteiger charge is -2.18. The Morgan fingerprint density at radius 3 is 2.77 bits per heavy atom. The van der Waals surface area contributed by atoms with Crippen molar-refractivity contribution in [3.8, 4) is 28.3 Å². The second-order valence-corrected chi connectivity index (χ2v) is 11.2. The molecule has 0 saturated heterocycles. The van der Waals surface area contributed by atoms with E-state index in [1.54, 1.807) is 39.7 Å². The largest absolute Gasteiger partial charge is 0.340 e. The average Bonchev–Trinajstić information content (AvgIpc) is 3.23. The van der Waals surface area contributed by atoms with Gasteiger partial charge in [-0.3, -0.25) is 14.2 Å². The molecule has 2 N–H and O–H groups in total. The van der Waals surface area contributed by atoms with Gasteiger partial charge in [0.15, 0.2) is 5.15 Å². The fourth-order valence-electron chi connectivity index (χ4n) is 6.05. The van der Waals surface area contributed by atoms with Crippen molar-refractivity contribution < 1.29 is 4.79 Å². The molecular weight excluding hydrogens is 551 g/mol. The van der Waals surface area contributed by atoms with Gasteiger partial charge in [0, 0.05) is 40.2 Å². The summed E-state index contributed by atoms with van der Waals surface area (Å²) in [6.07, 6.45) is 5.53. The van der Waals surface area contributed by atoms with Crippen LogP contribution in [-0.2, 0) is 11.2 Å². The predicted octanol–water partition coefficient (Wildman–Crippen LogP) is 4.78. The summed E-state index contributed by atoms with van der Waals surface area (Å²) in [5, 5.41) is 11.6. The van der Waals surface area contributed by atoms with E-state index in [0.717, 1.165) is 40.6 Å². The summed E-state index contributed by atoms with van der Waals surface area (Å²) in [6, 6.07) is 12.6. The molecule has 5 heterocycles. The van der Waals surface area contributed by atoms with Crippen molar-refractivity contribution in [2.75, 3.05) is 5.32 Å². The number of rotatable bonds is 4. The van der Waals surface area contributed by atoms with Crippen molar-refractivity contribution in [3.05, 3.63) is 92.5 Å². The molecule has 1 fully saturated rings. The van der Waals surface area contributed by atoms with E-state index in [-0.39, 0.29) is 34.5 Å². The number of nitrogens with one attached hydrogen (secondary N) is 2. The first kappa shape index (κ1) is 23.6. The van der Waals surface area contributed by atoms with E-state index < -0.39 is 0 Å². The second kappa shape index (κ2) is 8.61. The Morgan fingerprint density at radius 2 is 1.93 bits per heavy atom. The van der Waals surface area contributed by atoms with Gasteiger partial charge in [-0.15, -0.1) is 5.10 Å². The normalized spacial score (nSPS) is 20.6. The summed E-state index contributed by atoms with van der Waals surface area (Å²) in [7, 11) is 0. The van der Waals surface area contributed by atoms with Crippen molar-refractivity contribution in [1.82, 2.24) is 34.5 Å². The van der Waals surface area contributed by atoms with E-state index in [1.807, 2.05) is 18.3 Å². The topological polar surface area (TPSA) is 123 Å². The van der Waals surface area contributed by atoms with Gasteiger partial charge in [-0.05, 0) is 60.7 Å². The van der Waals surface area contributed by atoms with Gasteiger partial charge in [-0.1, -0.05) is 28.4 Å². The summed E-state index contributed by atoms with van der Waals surface area (Å²) in [4.78, 5) is 38.4. The van der Waals surface area contributed by atoms with Crippen LogP contribution < -0.4 is 10.9 Å². The number of carbonyl (C=O) groups excluding carboxylic acids is 1. The van der Waals surface area contributed by atoms with Gasteiger partial charge in [0.25, 0.3) is 5.56 Å². The van der Waals surface area contributed by atoms with Crippen LogP contribution in [-0.4, -0.2) is 40.4 Å². The number of imidazole rings is 1. The van der Waals surface area contributed by atoms with Crippen LogP contribution in [0.25, 0.3) is 28.3 Å². The predicted molar refractivity (Wildman–Crippen MR) is 149 cm³/mol. The zero-order valence-electron chi connectivity index (χ0n) is 20.8. The zero-order chi connectivity index (χ0) is 27.1. The van der Waals surface area contributed by atoms with E-state index >= 15 is 0 Å². The highest BCUT2D eigenvalue weighted by atomic mass is 35.5. The van der Waals surface area contributed by atoms with Crippen LogP contribution in [0.15, 0.2) is 59.7 Å². The molecule has 1 saturated carbocycles. The number of hydrogen-bond donors (Lipinski definition) is 2. The third-order valence-electron chi connectivity index (χ3n) is 7.97. The number of aromatic amines is 1. The molecule has 10 nitrogen and oxygen atoms in total. The second-order valence-electron chi connectivity index (χ2n) is 10.4. The third-order valence-corrected chi connectivity index (χ3v) is 8.38. The summed E-state index contributed by atoms with van der Waals surface area (Å²) in [6.45, 7) is 0. The number of H-pyrrole nitrogens is 1. The molecule has 3 aliphatic rings. The molecule has 3 atom stereocenters. The van der Waals surface area contributed by atoms with Crippen molar-refractivity contribution in [2.24, 2.45) is 5.92 Å². The molecule has 0 bridgehead atoms. The number of aromatic nitrogens is 7. The molecule has 0 spiro atoms. The van der Waals surface area contributed by atoms with Crippen LogP contribution in [0.2, 0.25) is 10.2 Å². The van der Waals surface area contributed by atoms with Crippen LogP contribution in [0.1, 0.15) is 41.9 Å². The van der Waals surface area contributed by atoms with Crippen molar-refractivity contribution >= 4 is 34.8 Å². The maximum Gasteiger partial charge on any atom is 0.254 e. The molecule has 3 unspecified atom stereocenters. The maximum absolute atomic E-state index is 13.6. The van der Waals surface area contributed by atoms with E-state index in [9.17, 15) is 9.59 Å². The molecule has 8 rings (SSSR count). The molecule has 0 radical (unpaired) electrons. The highest BCUT2D eigenvalue weighted by molar-refractivity contribution is 6.31. The first-order valence-corrected chi connectivity index (χ1v) is 13.7. The monoisotopic (exact) mass is 570 g/mol. The molecule has 198 valence electrons. The van der Waals surface area contributed by atoms with Crippen molar-refractivity contribution in [1.29, 1.82) is 0 Å². The van der Waals surface area contributed by atoms with E-state index in [4.69, 9.17) is 28.2 Å². The Balaban J connectivity index is 1.17. The fourth-order valence-corrected chi connectivity index (χ4v) is 6.35. The maximum atomic E-state index is 13.6. The van der Waals surface area contributed by atoms with Gasteiger partial charge in [0.2, 0.25) is 5.91 Å². The number of nitrogens with zero attached hydrogens (tertiary/aromatic N) is 6. The van der Waals surface area contributed by atoms with Gasteiger partial charge in [-0.2, -0.15) is 0 Å². The van der Waals surface area contributed by atoms with Gasteiger partial charge < -0.3 is 10.3 Å². The Labute approximate surface area is 237 Å². The minimum absolute atomic E-state index is 0.0380. The minimum atomic E-state index is -0.167. The SMILES string of the molecule is O=C1CCc2cc(-c3ncc(C4C5CC5c5nc(-c6cc(Cl)ccc6-n6cc(Cl)nn6)cc(=O)n54)[nH]3)ccc2N1. The third kappa shape index (κ3) is 3.70. The Kier molecular flexibility index (Phi) is 5.08. The summed E-state index contributed by atoms with van der Waals surface area (Å²) in [5.41, 5.74) is 5.48. The zero-order valence-corrected chi connectivity index (χ0v) is 22.3. The van der Waals surface area contributed by atoms with Gasteiger partial charge >= 0.3 is 0 Å². The van der Waals surface area contributed by atoms with E-state index in [0.29, 0.717) is 34.8 Å². The number of benzene rings is 2. The molecule has 5 aromatic rings. The quantitative estimate of drug-likeness (QED) is 0.320. The molecule has 2 aliphatic heterocycles. The lowest BCUT2D eigenvalue weighted by molar-refractivity contribution is -0.116. The first-order valence-electron chi connectivity index (χ1n) is 12.9. The highest BCUT2D eigenvalue weighted by Gasteiger charge is 2.55. The first-order chi connectivity index (χ1) is 19.4. The smallest absolute Gasteiger partial charge is 0.254 e. The number of aryl methyl sites for hydroxylation is 1. The summed E-state index contributed by atoms with van der Waals surface area (Å²) in [5.74, 6) is 2.00. The highest BCUT2D eigenvalue weighted by Crippen LogP contribution is 2.60. The Bertz CT molecular complexity index is 1930. The number of hydrogen-bond acceptors (Lipinski definition) is 6. The number of amides is 1. The van der Waals surface area contributed by atoms with E-state index in [2.05, 4.69) is 31.7 Å². The lowest BCUT2D eigenvalue weighted by Crippen LogP contribution is -2.27. The molecule has 2 aromatic carbocycles. The van der Waals surface area contributed by atoms with Crippen molar-refractivity contribution in [2.45, 2.75) is 31.2 Å². The molecular formula is C28H20Cl2N8O2. The molecule has 40 heavy (non-hydrogen) atoms. The molecule has 1 amide bonds. The number of fused-ring (bicyclic) bond motifs is 4. The van der Waals surface area contributed by atoms with Crippen molar-refractivity contribution in [3.63, 3.8) is 0 Å². The average molecular weight is 571 g/mol. The Hall–Kier alpha value is -4.28. The van der Waals surface area contributed by atoms with Gasteiger partial charge in [0.1, 0.15) is 11.6 Å². The summed E-state index contributed by atoms with van der Waals surface area (Å²) < 4.78 is 3.34. The van der Waals surface area contributed by atoms with Crippen LogP contribution in [0.3, 0.4) is 0 Å². The minimum Gasteiger partial charge on any atom is -0.340 e. The van der Waals surface area contributed by atoms with Crippen LogP contribution in [0.5, 0.6) is 0 Å². The van der Waals surface area contributed by atoms with Crippen LogP contribution >= 0.6 is 23.2 Å². The summed E-state index contributed by atoms with van der Waals surface area (Å²) >= 11 is 12.3. The van der Waals surface area contributed by atoms with Crippen LogP contribution in [0.4, 0.5) is 5.69 Å². The van der Waals surface area contributed by atoms with Gasteiger partial charge in [-0.25, -0.2) is 14.6 Å². The number of anilines is 1. The fraction of sp³-hybridized carbons (Fsp3) is 0.214. The van der Waals surface area contributed by atoms with E-state index in [1.165, 1.54) is 0 Å². The molecule has 3 aromatic heterocycles.